The van der Waals surface area contributed by atoms with Crippen LogP contribution in [0.1, 0.15) is 22.3 Å². The number of carbonyl (C=O) groups excluding carboxylic acids is 2. The number of likely N-dealkylation sites (N-methyl/N-ethyl adjacent to an activating group) is 1. The second-order valence-electron chi connectivity index (χ2n) is 7.66. The number of carbonyl (C=O) groups is 2. The predicted molar refractivity (Wildman–Crippen MR) is 132 cm³/mol. The molecule has 10 heteroatoms. The normalized spacial score (nSPS) is 10.4. The number of aromatic nitrogens is 2. The van der Waals surface area contributed by atoms with Crippen LogP contribution in [0.3, 0.4) is 0 Å². The molecule has 0 aliphatic rings. The summed E-state index contributed by atoms with van der Waals surface area (Å²) < 4.78 is 27.2. The average Bonchev–Trinajstić information content (AvgIpc) is 2.86. The van der Waals surface area contributed by atoms with Gasteiger partial charge in [-0.25, -0.2) is 13.8 Å². The van der Waals surface area contributed by atoms with Crippen molar-refractivity contribution >= 4 is 35.0 Å². The molecule has 0 fully saturated rings. The highest BCUT2D eigenvalue weighted by Gasteiger charge is 2.14. The molecular weight excluding hydrogens is 454 g/mol. The average molecular weight is 481 g/mol. The lowest BCUT2D eigenvalue weighted by atomic mass is 10.2. The Balaban J connectivity index is 1.56. The SMILES string of the molecule is C=CC(=O)N(C)c1cc(Nc2nc(NCCCNC(=O)c3ccc(F)cc3)ncc2C)ccc1F. The van der Waals surface area contributed by atoms with Gasteiger partial charge in [0, 0.05) is 43.1 Å². The third-order valence-corrected chi connectivity index (χ3v) is 5.08. The van der Waals surface area contributed by atoms with Crippen LogP contribution in [0.15, 0.2) is 61.3 Å². The van der Waals surface area contributed by atoms with Gasteiger partial charge in [0.25, 0.3) is 5.91 Å². The lowest BCUT2D eigenvalue weighted by Crippen LogP contribution is -2.26. The summed E-state index contributed by atoms with van der Waals surface area (Å²) >= 11 is 0. The summed E-state index contributed by atoms with van der Waals surface area (Å²) in [7, 11) is 1.46. The van der Waals surface area contributed by atoms with E-state index in [4.69, 9.17) is 0 Å². The maximum absolute atomic E-state index is 14.2. The summed E-state index contributed by atoms with van der Waals surface area (Å²) in [5.41, 5.74) is 1.80. The molecule has 0 bridgehead atoms. The summed E-state index contributed by atoms with van der Waals surface area (Å²) in [5, 5.41) is 8.99. The molecule has 182 valence electrons. The van der Waals surface area contributed by atoms with E-state index in [0.717, 1.165) is 11.6 Å². The first-order valence-corrected chi connectivity index (χ1v) is 10.9. The quantitative estimate of drug-likeness (QED) is 0.297. The van der Waals surface area contributed by atoms with Gasteiger partial charge >= 0.3 is 0 Å². The topological polar surface area (TPSA) is 99.3 Å². The molecule has 0 atom stereocenters. The van der Waals surface area contributed by atoms with E-state index >= 15 is 0 Å². The molecule has 3 aromatic rings. The van der Waals surface area contributed by atoms with Crippen LogP contribution >= 0.6 is 0 Å². The van der Waals surface area contributed by atoms with Crippen molar-refractivity contribution < 1.29 is 18.4 Å². The van der Waals surface area contributed by atoms with Crippen LogP contribution in [0.4, 0.5) is 31.9 Å². The zero-order chi connectivity index (χ0) is 25.4. The highest BCUT2D eigenvalue weighted by atomic mass is 19.1. The minimum atomic E-state index is -0.540. The summed E-state index contributed by atoms with van der Waals surface area (Å²) in [6, 6.07) is 9.65. The monoisotopic (exact) mass is 480 g/mol. The van der Waals surface area contributed by atoms with Crippen LogP contribution in [0.2, 0.25) is 0 Å². The van der Waals surface area contributed by atoms with E-state index in [0.29, 0.717) is 42.5 Å². The number of hydrogen-bond donors (Lipinski definition) is 3. The van der Waals surface area contributed by atoms with Gasteiger partial charge in [0.1, 0.15) is 17.5 Å². The van der Waals surface area contributed by atoms with Crippen LogP contribution in [0.25, 0.3) is 0 Å². The maximum atomic E-state index is 14.2. The molecule has 3 N–H and O–H groups in total. The molecule has 0 aliphatic carbocycles. The van der Waals surface area contributed by atoms with Crippen LogP contribution in [0.5, 0.6) is 0 Å². The van der Waals surface area contributed by atoms with Gasteiger partial charge in [-0.1, -0.05) is 6.58 Å². The van der Waals surface area contributed by atoms with Crippen LogP contribution in [0, 0.1) is 18.6 Å². The van der Waals surface area contributed by atoms with E-state index in [9.17, 15) is 18.4 Å². The molecule has 35 heavy (non-hydrogen) atoms. The highest BCUT2D eigenvalue weighted by Crippen LogP contribution is 2.26. The molecule has 8 nitrogen and oxygen atoms in total. The second-order valence-corrected chi connectivity index (χ2v) is 7.66. The second kappa shape index (κ2) is 11.7. The molecule has 1 heterocycles. The number of halogens is 2. The van der Waals surface area contributed by atoms with Gasteiger partial charge in [0.05, 0.1) is 5.69 Å². The van der Waals surface area contributed by atoms with Crippen molar-refractivity contribution in [1.82, 2.24) is 15.3 Å². The fraction of sp³-hybridized carbons (Fsp3) is 0.200. The van der Waals surface area contributed by atoms with Gasteiger partial charge in [-0.15, -0.1) is 0 Å². The molecule has 2 aromatic carbocycles. The Bertz CT molecular complexity index is 1220. The molecule has 0 saturated heterocycles. The third kappa shape index (κ3) is 6.83. The Hall–Kier alpha value is -4.34. The smallest absolute Gasteiger partial charge is 0.251 e. The Morgan fingerprint density at radius 2 is 1.86 bits per heavy atom. The zero-order valence-electron chi connectivity index (χ0n) is 19.4. The van der Waals surface area contributed by atoms with Crippen LogP contribution in [-0.2, 0) is 4.79 Å². The summed E-state index contributed by atoms with van der Waals surface area (Å²) in [6.07, 6.45) is 3.37. The van der Waals surface area contributed by atoms with Crippen molar-refractivity contribution in [3.05, 3.63) is 84.1 Å². The maximum Gasteiger partial charge on any atom is 0.251 e. The number of amides is 2. The van der Waals surface area contributed by atoms with Crippen molar-refractivity contribution in [3.63, 3.8) is 0 Å². The summed E-state index contributed by atoms with van der Waals surface area (Å²) in [4.78, 5) is 33.8. The fourth-order valence-corrected chi connectivity index (χ4v) is 3.09. The van der Waals surface area contributed by atoms with Gasteiger partial charge in [-0.2, -0.15) is 4.98 Å². The van der Waals surface area contributed by atoms with Crippen molar-refractivity contribution in [1.29, 1.82) is 0 Å². The van der Waals surface area contributed by atoms with E-state index in [1.807, 2.05) is 6.92 Å². The molecule has 3 rings (SSSR count). The van der Waals surface area contributed by atoms with Crippen molar-refractivity contribution in [2.45, 2.75) is 13.3 Å². The predicted octanol–water partition coefficient (Wildman–Crippen LogP) is 4.19. The molecule has 0 spiro atoms. The Morgan fingerprint density at radius 3 is 2.57 bits per heavy atom. The van der Waals surface area contributed by atoms with E-state index in [-0.39, 0.29) is 11.6 Å². The molecule has 0 radical (unpaired) electrons. The summed E-state index contributed by atoms with van der Waals surface area (Å²) in [5.74, 6) is -0.748. The zero-order valence-corrected chi connectivity index (χ0v) is 19.4. The largest absolute Gasteiger partial charge is 0.354 e. The number of aryl methyl sites for hydroxylation is 1. The number of rotatable bonds is 10. The molecular formula is C25H26F2N6O2. The fourth-order valence-electron chi connectivity index (χ4n) is 3.09. The minimum Gasteiger partial charge on any atom is -0.354 e. The Morgan fingerprint density at radius 1 is 1.11 bits per heavy atom. The van der Waals surface area contributed by atoms with Gasteiger partial charge in [-0.3, -0.25) is 9.59 Å². The van der Waals surface area contributed by atoms with E-state index in [2.05, 4.69) is 32.5 Å². The van der Waals surface area contributed by atoms with Gasteiger partial charge in [0.2, 0.25) is 11.9 Å². The molecule has 2 amide bonds. The third-order valence-electron chi connectivity index (χ3n) is 5.08. The van der Waals surface area contributed by atoms with E-state index in [1.54, 1.807) is 12.3 Å². The molecule has 0 aliphatic heterocycles. The molecule has 0 saturated carbocycles. The Kier molecular flexibility index (Phi) is 8.44. The highest BCUT2D eigenvalue weighted by molar-refractivity contribution is 6.01. The van der Waals surface area contributed by atoms with Crippen LogP contribution < -0.4 is 20.9 Å². The van der Waals surface area contributed by atoms with E-state index < -0.39 is 17.5 Å². The number of nitrogens with one attached hydrogen (secondary N) is 3. The molecule has 0 unspecified atom stereocenters. The number of nitrogens with zero attached hydrogens (tertiary/aromatic N) is 3. The van der Waals surface area contributed by atoms with Gasteiger partial charge in [0.15, 0.2) is 0 Å². The van der Waals surface area contributed by atoms with Crippen molar-refractivity contribution in [2.75, 3.05) is 35.7 Å². The summed E-state index contributed by atoms with van der Waals surface area (Å²) in [6.45, 7) is 6.17. The number of anilines is 4. The number of hydrogen-bond acceptors (Lipinski definition) is 6. The Labute approximate surface area is 202 Å². The first-order valence-electron chi connectivity index (χ1n) is 10.9. The van der Waals surface area contributed by atoms with Gasteiger partial charge in [-0.05, 0) is 61.9 Å². The lowest BCUT2D eigenvalue weighted by molar-refractivity contribution is -0.113. The van der Waals surface area contributed by atoms with Crippen LogP contribution in [-0.4, -0.2) is 41.9 Å². The first-order chi connectivity index (χ1) is 16.8. The number of benzene rings is 2. The van der Waals surface area contributed by atoms with Crippen molar-refractivity contribution in [3.8, 4) is 0 Å². The molecule has 1 aromatic heterocycles. The first kappa shape index (κ1) is 25.3. The van der Waals surface area contributed by atoms with Crippen molar-refractivity contribution in [2.24, 2.45) is 0 Å². The standard InChI is InChI=1S/C25H26F2N6O2/c1-4-22(34)33(3)21-14-19(10-11-20(21)27)31-23-16(2)15-30-25(32-23)29-13-5-12-28-24(35)17-6-8-18(26)9-7-17/h4,6-11,14-15H,1,5,12-13H2,2-3H3,(H,28,35)(H2,29,30,31,32). The lowest BCUT2D eigenvalue weighted by Gasteiger charge is -2.18. The van der Waals surface area contributed by atoms with E-state index in [1.165, 1.54) is 48.3 Å². The minimum absolute atomic E-state index is 0.104. The van der Waals surface area contributed by atoms with Gasteiger partial charge < -0.3 is 20.9 Å².